The summed E-state index contributed by atoms with van der Waals surface area (Å²) in [5.74, 6) is -3.03. The van der Waals surface area contributed by atoms with E-state index in [1.807, 2.05) is 30.3 Å². The van der Waals surface area contributed by atoms with Crippen molar-refractivity contribution in [2.45, 2.75) is 6.42 Å². The van der Waals surface area contributed by atoms with E-state index in [2.05, 4.69) is 5.32 Å². The van der Waals surface area contributed by atoms with Crippen molar-refractivity contribution in [1.29, 1.82) is 0 Å². The number of halogens is 3. The largest absolute Gasteiger partial charge is 0.382 e. The molecule has 0 bridgehead atoms. The first-order valence-corrected chi connectivity index (χ1v) is 5.59. The molecule has 1 N–H and O–H groups in total. The highest BCUT2D eigenvalue weighted by atomic mass is 19.2. The molecule has 0 aromatic heterocycles. The molecule has 0 unspecified atom stereocenters. The molecule has 0 saturated carbocycles. The minimum atomic E-state index is -1.18. The summed E-state index contributed by atoms with van der Waals surface area (Å²) in [4.78, 5) is 0. The number of rotatable bonds is 4. The average Bonchev–Trinajstić information content (AvgIpc) is 2.36. The van der Waals surface area contributed by atoms with E-state index >= 15 is 0 Å². The number of hydrogen-bond acceptors (Lipinski definition) is 1. The van der Waals surface area contributed by atoms with Crippen molar-refractivity contribution in [3.8, 4) is 0 Å². The fourth-order valence-corrected chi connectivity index (χ4v) is 1.67. The average molecular weight is 251 g/mol. The Balaban J connectivity index is 1.99. The molecule has 2 aromatic rings. The van der Waals surface area contributed by atoms with Gasteiger partial charge in [0.1, 0.15) is 5.82 Å². The van der Waals surface area contributed by atoms with Crippen LogP contribution < -0.4 is 5.32 Å². The van der Waals surface area contributed by atoms with Crippen LogP contribution in [0.4, 0.5) is 18.9 Å². The van der Waals surface area contributed by atoms with Crippen LogP contribution in [0, 0.1) is 17.5 Å². The van der Waals surface area contributed by atoms with Crippen molar-refractivity contribution in [2.24, 2.45) is 0 Å². The molecule has 0 radical (unpaired) electrons. The molecule has 0 aliphatic carbocycles. The van der Waals surface area contributed by atoms with E-state index < -0.39 is 17.5 Å². The van der Waals surface area contributed by atoms with Crippen LogP contribution in [0.3, 0.4) is 0 Å². The molecule has 0 fully saturated rings. The number of hydrogen-bond donors (Lipinski definition) is 1. The third-order valence-electron chi connectivity index (χ3n) is 2.56. The third-order valence-corrected chi connectivity index (χ3v) is 2.56. The van der Waals surface area contributed by atoms with E-state index in [9.17, 15) is 13.2 Å². The van der Waals surface area contributed by atoms with Crippen LogP contribution in [0.2, 0.25) is 0 Å². The van der Waals surface area contributed by atoms with E-state index in [4.69, 9.17) is 0 Å². The SMILES string of the molecule is Fc1cc(F)c(F)c(NCCc2ccccc2)c1. The Labute approximate surface area is 103 Å². The fraction of sp³-hybridized carbons (Fsp3) is 0.143. The van der Waals surface area contributed by atoms with Crippen LogP contribution in [0.1, 0.15) is 5.56 Å². The molecule has 0 amide bonds. The van der Waals surface area contributed by atoms with Gasteiger partial charge in [-0.05, 0) is 12.0 Å². The van der Waals surface area contributed by atoms with Gasteiger partial charge in [-0.15, -0.1) is 0 Å². The Morgan fingerprint density at radius 2 is 1.67 bits per heavy atom. The molecule has 0 aliphatic rings. The van der Waals surface area contributed by atoms with Gasteiger partial charge in [-0.3, -0.25) is 0 Å². The summed E-state index contributed by atoms with van der Waals surface area (Å²) in [6.45, 7) is 0.407. The number of anilines is 1. The van der Waals surface area contributed by atoms with Crippen LogP contribution in [-0.4, -0.2) is 6.54 Å². The van der Waals surface area contributed by atoms with Crippen molar-refractivity contribution >= 4 is 5.69 Å². The van der Waals surface area contributed by atoms with Crippen LogP contribution in [-0.2, 0) is 6.42 Å². The lowest BCUT2D eigenvalue weighted by molar-refractivity contribution is 0.497. The maximum atomic E-state index is 13.3. The van der Waals surface area contributed by atoms with Crippen LogP contribution in [0.5, 0.6) is 0 Å². The molecule has 2 aromatic carbocycles. The highest BCUT2D eigenvalue weighted by molar-refractivity contribution is 5.45. The Morgan fingerprint density at radius 1 is 0.944 bits per heavy atom. The van der Waals surface area contributed by atoms with Gasteiger partial charge in [0.2, 0.25) is 0 Å². The molecule has 4 heteroatoms. The lowest BCUT2D eigenvalue weighted by Gasteiger charge is -2.08. The lowest BCUT2D eigenvalue weighted by Crippen LogP contribution is -2.07. The Bertz CT molecular complexity index is 526. The molecule has 18 heavy (non-hydrogen) atoms. The predicted octanol–water partition coefficient (Wildman–Crippen LogP) is 3.76. The molecule has 0 atom stereocenters. The van der Waals surface area contributed by atoms with Gasteiger partial charge in [-0.25, -0.2) is 13.2 Å². The van der Waals surface area contributed by atoms with Gasteiger partial charge >= 0.3 is 0 Å². The third kappa shape index (κ3) is 3.03. The van der Waals surface area contributed by atoms with Crippen molar-refractivity contribution in [2.75, 3.05) is 11.9 Å². The van der Waals surface area contributed by atoms with Gasteiger partial charge in [0.15, 0.2) is 11.6 Å². The van der Waals surface area contributed by atoms with Crippen molar-refractivity contribution in [1.82, 2.24) is 0 Å². The molecule has 2 rings (SSSR count). The maximum Gasteiger partial charge on any atom is 0.182 e. The van der Waals surface area contributed by atoms with E-state index in [-0.39, 0.29) is 5.69 Å². The van der Waals surface area contributed by atoms with Gasteiger partial charge in [0.25, 0.3) is 0 Å². The molecule has 0 heterocycles. The summed E-state index contributed by atoms with van der Waals surface area (Å²) in [5, 5.41) is 2.69. The van der Waals surface area contributed by atoms with E-state index in [0.717, 1.165) is 11.6 Å². The van der Waals surface area contributed by atoms with Crippen LogP contribution >= 0.6 is 0 Å². The van der Waals surface area contributed by atoms with Gasteiger partial charge < -0.3 is 5.32 Å². The zero-order chi connectivity index (χ0) is 13.0. The Morgan fingerprint density at radius 3 is 2.39 bits per heavy atom. The van der Waals surface area contributed by atoms with Gasteiger partial charge in [-0.2, -0.15) is 0 Å². The van der Waals surface area contributed by atoms with E-state index in [0.29, 0.717) is 19.0 Å². The van der Waals surface area contributed by atoms with Gasteiger partial charge in [0, 0.05) is 18.7 Å². The zero-order valence-electron chi connectivity index (χ0n) is 9.59. The van der Waals surface area contributed by atoms with Crippen LogP contribution in [0.15, 0.2) is 42.5 Å². The number of nitrogens with one attached hydrogen (secondary N) is 1. The summed E-state index contributed by atoms with van der Waals surface area (Å²) < 4.78 is 39.2. The first-order chi connectivity index (χ1) is 8.66. The standard InChI is InChI=1S/C14H12F3N/c15-11-8-12(16)14(17)13(9-11)18-7-6-10-4-2-1-3-5-10/h1-5,8-9,18H,6-7H2. The molecule has 94 valence electrons. The lowest BCUT2D eigenvalue weighted by atomic mass is 10.1. The normalized spacial score (nSPS) is 10.4. The highest BCUT2D eigenvalue weighted by Crippen LogP contribution is 2.19. The zero-order valence-corrected chi connectivity index (χ0v) is 9.59. The fourth-order valence-electron chi connectivity index (χ4n) is 1.67. The molecular formula is C14H12F3N. The van der Waals surface area contributed by atoms with Crippen molar-refractivity contribution in [3.05, 3.63) is 65.5 Å². The van der Waals surface area contributed by atoms with Gasteiger partial charge in [-0.1, -0.05) is 30.3 Å². The highest BCUT2D eigenvalue weighted by Gasteiger charge is 2.10. The first kappa shape index (κ1) is 12.5. The van der Waals surface area contributed by atoms with E-state index in [1.54, 1.807) is 0 Å². The minimum Gasteiger partial charge on any atom is -0.382 e. The molecular weight excluding hydrogens is 239 g/mol. The molecule has 0 spiro atoms. The second-order valence-electron chi connectivity index (χ2n) is 3.91. The van der Waals surface area contributed by atoms with Crippen LogP contribution in [0.25, 0.3) is 0 Å². The minimum absolute atomic E-state index is 0.150. The quantitative estimate of drug-likeness (QED) is 0.816. The maximum absolute atomic E-state index is 13.3. The summed E-state index contributed by atoms with van der Waals surface area (Å²) in [6, 6.07) is 11.0. The van der Waals surface area contributed by atoms with Gasteiger partial charge in [0.05, 0.1) is 5.69 Å². The Kier molecular flexibility index (Phi) is 3.87. The topological polar surface area (TPSA) is 12.0 Å². The predicted molar refractivity (Wildman–Crippen MR) is 65.0 cm³/mol. The first-order valence-electron chi connectivity index (χ1n) is 5.59. The monoisotopic (exact) mass is 251 g/mol. The van der Waals surface area contributed by atoms with Crippen molar-refractivity contribution in [3.63, 3.8) is 0 Å². The second kappa shape index (κ2) is 5.58. The molecule has 0 saturated heterocycles. The molecule has 0 aliphatic heterocycles. The second-order valence-corrected chi connectivity index (χ2v) is 3.91. The number of benzene rings is 2. The van der Waals surface area contributed by atoms with Crippen molar-refractivity contribution < 1.29 is 13.2 Å². The summed E-state index contributed by atoms with van der Waals surface area (Å²) >= 11 is 0. The summed E-state index contributed by atoms with van der Waals surface area (Å²) in [5.41, 5.74) is 0.922. The smallest absolute Gasteiger partial charge is 0.182 e. The Hall–Kier alpha value is -1.97. The molecule has 1 nitrogen and oxygen atoms in total. The summed E-state index contributed by atoms with van der Waals surface area (Å²) in [6.07, 6.45) is 0.651. The summed E-state index contributed by atoms with van der Waals surface area (Å²) in [7, 11) is 0. The van der Waals surface area contributed by atoms with E-state index in [1.165, 1.54) is 0 Å².